The van der Waals surface area contributed by atoms with Crippen LogP contribution in [0, 0.1) is 6.92 Å². The van der Waals surface area contributed by atoms with E-state index < -0.39 is 0 Å². The van der Waals surface area contributed by atoms with Crippen molar-refractivity contribution >= 4 is 22.6 Å². The van der Waals surface area contributed by atoms with Gasteiger partial charge in [0, 0.05) is 55.5 Å². The zero-order chi connectivity index (χ0) is 18.6. The average Bonchev–Trinajstić information content (AvgIpc) is 3.12. The summed E-state index contributed by atoms with van der Waals surface area (Å²) in [6.07, 6.45) is 3.15. The van der Waals surface area contributed by atoms with Gasteiger partial charge in [-0.05, 0) is 36.6 Å². The van der Waals surface area contributed by atoms with Gasteiger partial charge < -0.3 is 15.2 Å². The summed E-state index contributed by atoms with van der Waals surface area (Å²) >= 11 is 0. The second-order valence-electron chi connectivity index (χ2n) is 7.18. The Bertz CT molecular complexity index is 925. The molecule has 2 N–H and O–H groups in total. The van der Waals surface area contributed by atoms with E-state index in [9.17, 15) is 4.79 Å². The normalized spacial score (nSPS) is 15.2. The van der Waals surface area contributed by atoms with Gasteiger partial charge in [-0.1, -0.05) is 36.4 Å². The van der Waals surface area contributed by atoms with Crippen LogP contribution in [-0.4, -0.2) is 53.5 Å². The van der Waals surface area contributed by atoms with Gasteiger partial charge in [0.25, 0.3) is 0 Å². The lowest BCUT2D eigenvalue weighted by Crippen LogP contribution is -2.50. The molecule has 27 heavy (non-hydrogen) atoms. The molecule has 0 saturated carbocycles. The maximum absolute atomic E-state index is 12.5. The first kappa shape index (κ1) is 17.6. The summed E-state index contributed by atoms with van der Waals surface area (Å²) in [4.78, 5) is 20.2. The van der Waals surface area contributed by atoms with E-state index in [1.165, 1.54) is 16.5 Å². The monoisotopic (exact) mass is 362 g/mol. The fraction of sp³-hybridized carbons (Fsp3) is 0.318. The van der Waals surface area contributed by atoms with Crippen LogP contribution in [0.1, 0.15) is 11.1 Å². The Balaban J connectivity index is 1.27. The zero-order valence-corrected chi connectivity index (χ0v) is 15.7. The van der Waals surface area contributed by atoms with Crippen molar-refractivity contribution in [2.45, 2.75) is 13.3 Å². The minimum absolute atomic E-state index is 0.000536. The van der Waals surface area contributed by atoms with Gasteiger partial charge in [-0.2, -0.15) is 0 Å². The molecule has 1 aromatic heterocycles. The average molecular weight is 362 g/mol. The third-order valence-corrected chi connectivity index (χ3v) is 5.42. The second-order valence-corrected chi connectivity index (χ2v) is 7.18. The fourth-order valence-electron chi connectivity index (χ4n) is 3.70. The third-order valence-electron chi connectivity index (χ3n) is 5.42. The van der Waals surface area contributed by atoms with Gasteiger partial charge in [-0.15, -0.1) is 0 Å². The highest BCUT2D eigenvalue weighted by Gasteiger charge is 2.21. The molecule has 0 aliphatic carbocycles. The van der Waals surface area contributed by atoms with E-state index in [0.717, 1.165) is 50.4 Å². The summed E-state index contributed by atoms with van der Waals surface area (Å²) in [6.45, 7) is 6.41. The smallest absolute Gasteiger partial charge is 0.321 e. The first-order chi connectivity index (χ1) is 13.2. The molecular weight excluding hydrogens is 336 g/mol. The van der Waals surface area contributed by atoms with Gasteiger partial charge >= 0.3 is 6.03 Å². The van der Waals surface area contributed by atoms with Crippen LogP contribution >= 0.6 is 0 Å². The van der Waals surface area contributed by atoms with Crippen molar-refractivity contribution in [3.63, 3.8) is 0 Å². The van der Waals surface area contributed by atoms with E-state index in [0.29, 0.717) is 0 Å². The number of carbonyl (C=O) groups excluding carboxylic acids is 1. The number of rotatable bonds is 4. The number of piperazine rings is 1. The predicted octanol–water partition coefficient (Wildman–Crippen LogP) is 3.87. The van der Waals surface area contributed by atoms with E-state index in [1.807, 2.05) is 36.1 Å². The van der Waals surface area contributed by atoms with Crippen LogP contribution in [0.4, 0.5) is 10.5 Å². The number of nitrogens with zero attached hydrogens (tertiary/aromatic N) is 2. The van der Waals surface area contributed by atoms with Gasteiger partial charge in [-0.3, -0.25) is 4.90 Å². The Kier molecular flexibility index (Phi) is 5.12. The number of para-hydroxylation sites is 2. The summed E-state index contributed by atoms with van der Waals surface area (Å²) in [5.41, 5.74) is 4.54. The quantitative estimate of drug-likeness (QED) is 0.740. The number of aromatic nitrogens is 1. The number of aromatic amines is 1. The van der Waals surface area contributed by atoms with Crippen LogP contribution in [0.5, 0.6) is 0 Å². The van der Waals surface area contributed by atoms with E-state index in [1.54, 1.807) is 0 Å². The number of aryl methyl sites for hydroxylation is 1. The van der Waals surface area contributed by atoms with Gasteiger partial charge in [0.05, 0.1) is 0 Å². The molecule has 2 aromatic carbocycles. The van der Waals surface area contributed by atoms with E-state index in [2.05, 4.69) is 45.7 Å². The van der Waals surface area contributed by atoms with Crippen LogP contribution in [0.25, 0.3) is 10.9 Å². The molecule has 0 unspecified atom stereocenters. The van der Waals surface area contributed by atoms with Crippen molar-refractivity contribution in [1.82, 2.24) is 14.8 Å². The molecule has 2 amide bonds. The highest BCUT2D eigenvalue weighted by molar-refractivity contribution is 5.90. The molecule has 1 aliphatic heterocycles. The number of nitrogens with one attached hydrogen (secondary N) is 2. The lowest BCUT2D eigenvalue weighted by Gasteiger charge is -2.34. The Labute approximate surface area is 160 Å². The SMILES string of the molecule is Cc1ccccc1NC(=O)N1CCN(CCc2c[nH]c3ccccc23)CC1. The number of H-pyrrole nitrogens is 1. The van der Waals surface area contributed by atoms with Crippen LogP contribution in [0.3, 0.4) is 0 Å². The predicted molar refractivity (Wildman–Crippen MR) is 110 cm³/mol. The number of amides is 2. The molecule has 0 radical (unpaired) electrons. The lowest BCUT2D eigenvalue weighted by molar-refractivity contribution is 0.148. The number of urea groups is 1. The standard InChI is InChI=1S/C22H26N4O/c1-17-6-2-4-8-20(17)24-22(27)26-14-12-25(13-15-26)11-10-18-16-23-21-9-5-3-7-19(18)21/h2-9,16,23H,10-15H2,1H3,(H,24,27). The Morgan fingerprint density at radius 2 is 1.78 bits per heavy atom. The van der Waals surface area contributed by atoms with Crippen LogP contribution in [0.2, 0.25) is 0 Å². The molecule has 0 bridgehead atoms. The van der Waals surface area contributed by atoms with Crippen LogP contribution in [0.15, 0.2) is 54.7 Å². The maximum Gasteiger partial charge on any atom is 0.321 e. The van der Waals surface area contributed by atoms with Gasteiger partial charge in [0.1, 0.15) is 0 Å². The minimum Gasteiger partial charge on any atom is -0.361 e. The number of anilines is 1. The van der Waals surface area contributed by atoms with Gasteiger partial charge in [-0.25, -0.2) is 4.79 Å². The summed E-state index contributed by atoms with van der Waals surface area (Å²) in [6, 6.07) is 16.3. The van der Waals surface area contributed by atoms with E-state index in [-0.39, 0.29) is 6.03 Å². The fourth-order valence-corrected chi connectivity index (χ4v) is 3.70. The Morgan fingerprint density at radius 3 is 2.59 bits per heavy atom. The molecule has 0 atom stereocenters. The topological polar surface area (TPSA) is 51.4 Å². The highest BCUT2D eigenvalue weighted by atomic mass is 16.2. The number of hydrogen-bond acceptors (Lipinski definition) is 2. The molecule has 0 spiro atoms. The maximum atomic E-state index is 12.5. The van der Waals surface area contributed by atoms with E-state index in [4.69, 9.17) is 0 Å². The van der Waals surface area contributed by atoms with Crippen molar-refractivity contribution in [2.24, 2.45) is 0 Å². The van der Waals surface area contributed by atoms with Crippen molar-refractivity contribution in [2.75, 3.05) is 38.0 Å². The van der Waals surface area contributed by atoms with Crippen LogP contribution in [-0.2, 0) is 6.42 Å². The van der Waals surface area contributed by atoms with Crippen molar-refractivity contribution in [3.8, 4) is 0 Å². The van der Waals surface area contributed by atoms with Gasteiger partial charge in [0.15, 0.2) is 0 Å². The second kappa shape index (κ2) is 7.84. The Hall–Kier alpha value is -2.79. The summed E-state index contributed by atoms with van der Waals surface area (Å²) in [5, 5.41) is 4.35. The van der Waals surface area contributed by atoms with Gasteiger partial charge in [0.2, 0.25) is 0 Å². The summed E-state index contributed by atoms with van der Waals surface area (Å²) in [7, 11) is 0. The van der Waals surface area contributed by atoms with Crippen LogP contribution < -0.4 is 5.32 Å². The molecule has 2 heterocycles. The summed E-state index contributed by atoms with van der Waals surface area (Å²) < 4.78 is 0. The molecule has 5 heteroatoms. The highest BCUT2D eigenvalue weighted by Crippen LogP contribution is 2.19. The first-order valence-electron chi connectivity index (χ1n) is 9.59. The minimum atomic E-state index is 0.000536. The number of carbonyl (C=O) groups is 1. The number of fused-ring (bicyclic) bond motifs is 1. The molecule has 140 valence electrons. The van der Waals surface area contributed by atoms with Crippen molar-refractivity contribution in [3.05, 3.63) is 65.9 Å². The van der Waals surface area contributed by atoms with Crippen molar-refractivity contribution in [1.29, 1.82) is 0 Å². The lowest BCUT2D eigenvalue weighted by atomic mass is 10.1. The zero-order valence-electron chi connectivity index (χ0n) is 15.7. The Morgan fingerprint density at radius 1 is 1.04 bits per heavy atom. The van der Waals surface area contributed by atoms with E-state index >= 15 is 0 Å². The number of hydrogen-bond donors (Lipinski definition) is 2. The molecular formula is C22H26N4O. The molecule has 4 rings (SSSR count). The molecule has 1 saturated heterocycles. The van der Waals surface area contributed by atoms with Crippen molar-refractivity contribution < 1.29 is 4.79 Å². The largest absolute Gasteiger partial charge is 0.361 e. The first-order valence-corrected chi connectivity index (χ1v) is 9.59. The molecule has 1 fully saturated rings. The summed E-state index contributed by atoms with van der Waals surface area (Å²) in [5.74, 6) is 0. The molecule has 3 aromatic rings. The molecule has 5 nitrogen and oxygen atoms in total. The number of benzene rings is 2. The third kappa shape index (κ3) is 3.98. The molecule has 1 aliphatic rings.